The van der Waals surface area contributed by atoms with Gasteiger partial charge in [-0.15, -0.1) is 0 Å². The fourth-order valence-electron chi connectivity index (χ4n) is 2.35. The molecule has 0 radical (unpaired) electrons. The standard InChI is InChI=1S/C18H18FNO3/c1-12-4-2-5-13(8-12)10-16(18(22)23)20-17(21)11-14-6-3-7-15(19)9-14/h2-9,16H,10-11H2,1H3,(H,20,21)(H,22,23). The minimum atomic E-state index is -1.10. The molecule has 0 spiro atoms. The third kappa shape index (κ3) is 5.21. The van der Waals surface area contributed by atoms with E-state index in [2.05, 4.69) is 5.32 Å². The highest BCUT2D eigenvalue weighted by Gasteiger charge is 2.20. The van der Waals surface area contributed by atoms with Crippen LogP contribution in [-0.4, -0.2) is 23.0 Å². The molecule has 0 saturated heterocycles. The molecular formula is C18H18FNO3. The zero-order chi connectivity index (χ0) is 16.8. The van der Waals surface area contributed by atoms with E-state index in [1.807, 2.05) is 31.2 Å². The Hall–Kier alpha value is -2.69. The van der Waals surface area contributed by atoms with Gasteiger partial charge in [-0.25, -0.2) is 9.18 Å². The molecule has 0 bridgehead atoms. The van der Waals surface area contributed by atoms with Crippen molar-refractivity contribution in [3.63, 3.8) is 0 Å². The molecular weight excluding hydrogens is 297 g/mol. The molecule has 2 N–H and O–H groups in total. The Balaban J connectivity index is 2.01. The van der Waals surface area contributed by atoms with Crippen LogP contribution in [0.15, 0.2) is 48.5 Å². The number of aryl methyl sites for hydroxylation is 1. The van der Waals surface area contributed by atoms with E-state index in [1.165, 1.54) is 18.2 Å². The van der Waals surface area contributed by atoms with Crippen molar-refractivity contribution < 1.29 is 19.1 Å². The van der Waals surface area contributed by atoms with Crippen molar-refractivity contribution in [2.24, 2.45) is 0 Å². The number of carbonyl (C=O) groups excluding carboxylic acids is 1. The number of carboxylic acids is 1. The van der Waals surface area contributed by atoms with E-state index in [1.54, 1.807) is 6.07 Å². The Kier molecular flexibility index (Phi) is 5.46. The van der Waals surface area contributed by atoms with Gasteiger partial charge in [0, 0.05) is 6.42 Å². The van der Waals surface area contributed by atoms with Gasteiger partial charge in [-0.05, 0) is 30.2 Å². The lowest BCUT2D eigenvalue weighted by molar-refractivity contribution is -0.141. The Morgan fingerprint density at radius 1 is 1.13 bits per heavy atom. The second-order valence-electron chi connectivity index (χ2n) is 5.46. The molecule has 0 aliphatic heterocycles. The van der Waals surface area contributed by atoms with E-state index in [4.69, 9.17) is 0 Å². The van der Waals surface area contributed by atoms with Crippen molar-refractivity contribution in [2.75, 3.05) is 0 Å². The Bertz CT molecular complexity index is 715. The van der Waals surface area contributed by atoms with Gasteiger partial charge in [0.1, 0.15) is 11.9 Å². The van der Waals surface area contributed by atoms with Gasteiger partial charge in [-0.3, -0.25) is 4.79 Å². The SMILES string of the molecule is Cc1cccc(CC(NC(=O)Cc2cccc(F)c2)C(=O)O)c1. The van der Waals surface area contributed by atoms with Crippen LogP contribution in [0.5, 0.6) is 0 Å². The molecule has 0 heterocycles. The number of halogens is 1. The van der Waals surface area contributed by atoms with E-state index in [0.29, 0.717) is 5.56 Å². The highest BCUT2D eigenvalue weighted by atomic mass is 19.1. The van der Waals surface area contributed by atoms with Crippen LogP contribution >= 0.6 is 0 Å². The summed E-state index contributed by atoms with van der Waals surface area (Å²) in [6.45, 7) is 1.92. The van der Waals surface area contributed by atoms with Gasteiger partial charge in [0.05, 0.1) is 6.42 Å². The summed E-state index contributed by atoms with van der Waals surface area (Å²) in [6.07, 6.45) is 0.140. The lowest BCUT2D eigenvalue weighted by atomic mass is 10.0. The molecule has 0 aliphatic rings. The van der Waals surface area contributed by atoms with Gasteiger partial charge in [-0.1, -0.05) is 42.0 Å². The molecule has 1 unspecified atom stereocenters. The second-order valence-corrected chi connectivity index (χ2v) is 5.46. The van der Waals surface area contributed by atoms with Crippen molar-refractivity contribution in [3.05, 3.63) is 71.0 Å². The minimum Gasteiger partial charge on any atom is -0.480 e. The molecule has 0 aliphatic carbocycles. The lowest BCUT2D eigenvalue weighted by Crippen LogP contribution is -2.43. The number of carbonyl (C=O) groups is 2. The van der Waals surface area contributed by atoms with Crippen LogP contribution in [0.4, 0.5) is 4.39 Å². The third-order valence-corrected chi connectivity index (χ3v) is 3.41. The van der Waals surface area contributed by atoms with E-state index in [0.717, 1.165) is 11.1 Å². The molecule has 0 saturated carbocycles. The maximum absolute atomic E-state index is 13.1. The van der Waals surface area contributed by atoms with Crippen molar-refractivity contribution in [1.82, 2.24) is 5.32 Å². The van der Waals surface area contributed by atoms with E-state index >= 15 is 0 Å². The van der Waals surface area contributed by atoms with Crippen molar-refractivity contribution in [2.45, 2.75) is 25.8 Å². The van der Waals surface area contributed by atoms with Crippen molar-refractivity contribution >= 4 is 11.9 Å². The lowest BCUT2D eigenvalue weighted by Gasteiger charge is -2.15. The fraction of sp³-hybridized carbons (Fsp3) is 0.222. The molecule has 0 aromatic heterocycles. The average molecular weight is 315 g/mol. The van der Waals surface area contributed by atoms with Crippen LogP contribution in [-0.2, 0) is 22.4 Å². The van der Waals surface area contributed by atoms with Crippen LogP contribution in [0.2, 0.25) is 0 Å². The molecule has 2 rings (SSSR count). The summed E-state index contributed by atoms with van der Waals surface area (Å²) in [6, 6.07) is 12.1. The van der Waals surface area contributed by atoms with Gasteiger partial charge in [0.15, 0.2) is 0 Å². The topological polar surface area (TPSA) is 66.4 Å². The minimum absolute atomic E-state index is 0.0602. The Morgan fingerprint density at radius 2 is 1.83 bits per heavy atom. The molecule has 0 fully saturated rings. The molecule has 23 heavy (non-hydrogen) atoms. The van der Waals surface area contributed by atoms with Crippen LogP contribution in [0.25, 0.3) is 0 Å². The Labute approximate surface area is 134 Å². The van der Waals surface area contributed by atoms with Gasteiger partial charge in [-0.2, -0.15) is 0 Å². The molecule has 2 aromatic carbocycles. The van der Waals surface area contributed by atoms with Gasteiger partial charge >= 0.3 is 5.97 Å². The number of benzene rings is 2. The first-order chi connectivity index (χ1) is 10.9. The number of rotatable bonds is 6. The third-order valence-electron chi connectivity index (χ3n) is 3.41. The number of aliphatic carboxylic acids is 1. The Morgan fingerprint density at radius 3 is 2.48 bits per heavy atom. The summed E-state index contributed by atoms with van der Waals surface area (Å²) < 4.78 is 13.1. The summed E-state index contributed by atoms with van der Waals surface area (Å²) in [5.41, 5.74) is 2.36. The first-order valence-electron chi connectivity index (χ1n) is 7.26. The zero-order valence-electron chi connectivity index (χ0n) is 12.8. The highest BCUT2D eigenvalue weighted by molar-refractivity contribution is 5.85. The number of hydrogen-bond donors (Lipinski definition) is 2. The summed E-state index contributed by atoms with van der Waals surface area (Å²) in [4.78, 5) is 23.4. The zero-order valence-corrected chi connectivity index (χ0v) is 12.8. The van der Waals surface area contributed by atoms with Gasteiger partial charge in [0.25, 0.3) is 0 Å². The average Bonchev–Trinajstić information content (AvgIpc) is 2.46. The van der Waals surface area contributed by atoms with Crippen LogP contribution in [0.3, 0.4) is 0 Å². The smallest absolute Gasteiger partial charge is 0.326 e. The quantitative estimate of drug-likeness (QED) is 0.860. The predicted octanol–water partition coefficient (Wildman–Crippen LogP) is 2.49. The van der Waals surface area contributed by atoms with Crippen LogP contribution in [0.1, 0.15) is 16.7 Å². The highest BCUT2D eigenvalue weighted by Crippen LogP contribution is 2.08. The molecule has 1 amide bonds. The number of nitrogens with one attached hydrogen (secondary N) is 1. The molecule has 120 valence electrons. The summed E-state index contributed by atoms with van der Waals surface area (Å²) in [5.74, 6) is -1.97. The first-order valence-corrected chi connectivity index (χ1v) is 7.26. The predicted molar refractivity (Wildman–Crippen MR) is 84.6 cm³/mol. The van der Waals surface area contributed by atoms with Crippen LogP contribution < -0.4 is 5.32 Å². The van der Waals surface area contributed by atoms with E-state index in [-0.39, 0.29) is 12.8 Å². The monoisotopic (exact) mass is 315 g/mol. The van der Waals surface area contributed by atoms with Crippen molar-refractivity contribution in [3.8, 4) is 0 Å². The maximum Gasteiger partial charge on any atom is 0.326 e. The number of carboxylic acid groups (broad SMARTS) is 1. The largest absolute Gasteiger partial charge is 0.480 e. The number of amides is 1. The van der Waals surface area contributed by atoms with E-state index < -0.39 is 23.7 Å². The summed E-state index contributed by atoms with van der Waals surface area (Å²) in [5, 5.41) is 11.8. The summed E-state index contributed by atoms with van der Waals surface area (Å²) in [7, 11) is 0. The summed E-state index contributed by atoms with van der Waals surface area (Å²) >= 11 is 0. The molecule has 2 aromatic rings. The van der Waals surface area contributed by atoms with Gasteiger partial charge in [0.2, 0.25) is 5.91 Å². The van der Waals surface area contributed by atoms with Crippen molar-refractivity contribution in [1.29, 1.82) is 0 Å². The molecule has 1 atom stereocenters. The molecule has 5 heteroatoms. The van der Waals surface area contributed by atoms with E-state index in [9.17, 15) is 19.1 Å². The normalized spacial score (nSPS) is 11.7. The number of hydrogen-bond acceptors (Lipinski definition) is 2. The fourth-order valence-corrected chi connectivity index (χ4v) is 2.35. The second kappa shape index (κ2) is 7.54. The van der Waals surface area contributed by atoms with Crippen LogP contribution in [0, 0.1) is 12.7 Å². The molecule has 4 nitrogen and oxygen atoms in total. The van der Waals surface area contributed by atoms with Gasteiger partial charge < -0.3 is 10.4 Å². The maximum atomic E-state index is 13.1. The first kappa shape index (κ1) is 16.7.